The third-order valence-corrected chi connectivity index (χ3v) is 5.97. The largest absolute Gasteiger partial charge is 0.464 e. The van der Waals surface area contributed by atoms with Gasteiger partial charge in [-0.15, -0.1) is 11.3 Å². The van der Waals surface area contributed by atoms with E-state index in [-0.39, 0.29) is 44.5 Å². The minimum absolute atomic E-state index is 0.0361. The average Bonchev–Trinajstić information content (AvgIpc) is 3.60. The van der Waals surface area contributed by atoms with Crippen LogP contribution in [0.1, 0.15) is 32.3 Å². The Morgan fingerprint density at radius 1 is 1.21 bits per heavy atom. The number of primary amides is 1. The summed E-state index contributed by atoms with van der Waals surface area (Å²) in [5.41, 5.74) is 5.40. The number of nitrogens with one attached hydrogen (secondary N) is 1. The lowest BCUT2D eigenvalue weighted by atomic mass is 10.1. The maximum atomic E-state index is 13.5. The summed E-state index contributed by atoms with van der Waals surface area (Å²) in [5, 5.41) is 11.2. The first-order valence-electron chi connectivity index (χ1n) is 9.82. The molecule has 0 fully saturated rings. The molecule has 5 aromatic rings. The Morgan fingerprint density at radius 2 is 2.06 bits per heavy atom. The second kappa shape index (κ2) is 8.51. The van der Waals surface area contributed by atoms with Crippen molar-refractivity contribution >= 4 is 39.1 Å². The lowest BCUT2D eigenvalue weighted by molar-refractivity contribution is 0.100. The smallest absolute Gasteiger partial charge is 0.280 e. The topological polar surface area (TPSA) is 134 Å². The highest BCUT2D eigenvalue weighted by Gasteiger charge is 2.26. The predicted octanol–water partition coefficient (Wildman–Crippen LogP) is 3.74. The van der Waals surface area contributed by atoms with Crippen LogP contribution in [0.2, 0.25) is 0 Å². The van der Waals surface area contributed by atoms with E-state index in [9.17, 15) is 18.4 Å². The number of amides is 2. The third-order valence-electron chi connectivity index (χ3n) is 4.88. The Labute approximate surface area is 193 Å². The van der Waals surface area contributed by atoms with Crippen molar-refractivity contribution in [1.82, 2.24) is 24.5 Å². The number of pyridine rings is 1. The van der Waals surface area contributed by atoms with Gasteiger partial charge in [-0.05, 0) is 30.3 Å². The zero-order chi connectivity index (χ0) is 23.8. The molecule has 13 heteroatoms. The molecule has 5 aromatic heterocycles. The number of anilines is 1. The number of fused-ring (bicyclic) bond motifs is 1. The molecule has 0 saturated heterocycles. The quantitative estimate of drug-likeness (QED) is 0.362. The summed E-state index contributed by atoms with van der Waals surface area (Å²) >= 11 is 0.808. The van der Waals surface area contributed by atoms with Gasteiger partial charge >= 0.3 is 0 Å². The zero-order valence-corrected chi connectivity index (χ0v) is 18.0. The van der Waals surface area contributed by atoms with Crippen LogP contribution < -0.4 is 11.1 Å². The van der Waals surface area contributed by atoms with Crippen molar-refractivity contribution < 1.29 is 22.8 Å². The maximum Gasteiger partial charge on any atom is 0.280 e. The molecule has 0 unspecified atom stereocenters. The lowest BCUT2D eigenvalue weighted by Crippen LogP contribution is -2.18. The molecule has 5 heterocycles. The molecule has 0 aliphatic carbocycles. The van der Waals surface area contributed by atoms with Crippen LogP contribution in [0, 0.1) is 0 Å². The van der Waals surface area contributed by atoms with Crippen LogP contribution in [0.25, 0.3) is 21.5 Å². The Bertz CT molecular complexity index is 1490. The Hall–Kier alpha value is -4.39. The van der Waals surface area contributed by atoms with E-state index in [4.69, 9.17) is 10.2 Å². The number of carbonyl (C=O) groups is 2. The Kier molecular flexibility index (Phi) is 5.37. The number of carbonyl (C=O) groups excluding carboxylic acids is 2. The number of aromatic nitrogens is 5. The molecule has 34 heavy (non-hydrogen) atoms. The Morgan fingerprint density at radius 3 is 2.74 bits per heavy atom. The fourth-order valence-corrected chi connectivity index (χ4v) is 4.43. The predicted molar refractivity (Wildman–Crippen MR) is 119 cm³/mol. The molecule has 0 saturated carbocycles. The molecule has 5 rings (SSSR count). The maximum absolute atomic E-state index is 13.5. The van der Waals surface area contributed by atoms with E-state index in [2.05, 4.69) is 20.5 Å². The van der Waals surface area contributed by atoms with E-state index < -0.39 is 23.9 Å². The van der Waals surface area contributed by atoms with E-state index in [0.717, 1.165) is 17.4 Å². The summed E-state index contributed by atoms with van der Waals surface area (Å²) in [7, 11) is 0. The lowest BCUT2D eigenvalue weighted by Gasteiger charge is -2.09. The summed E-state index contributed by atoms with van der Waals surface area (Å²) in [6, 6.07) is 7.59. The number of halogens is 2. The first-order chi connectivity index (χ1) is 16.4. The van der Waals surface area contributed by atoms with Gasteiger partial charge in [0.05, 0.1) is 12.0 Å². The number of thiophene rings is 1. The van der Waals surface area contributed by atoms with Gasteiger partial charge in [-0.2, -0.15) is 10.2 Å². The highest BCUT2D eigenvalue weighted by molar-refractivity contribution is 7.21. The normalized spacial score (nSPS) is 11.4. The second-order valence-electron chi connectivity index (χ2n) is 7.10. The van der Waals surface area contributed by atoms with Crippen LogP contribution in [0.5, 0.6) is 0 Å². The number of nitrogens with zero attached hydrogens (tertiary/aromatic N) is 5. The van der Waals surface area contributed by atoms with Crippen molar-refractivity contribution in [2.75, 3.05) is 5.32 Å². The van der Waals surface area contributed by atoms with Gasteiger partial charge in [0.15, 0.2) is 5.69 Å². The van der Waals surface area contributed by atoms with Crippen LogP contribution in [0.3, 0.4) is 0 Å². The van der Waals surface area contributed by atoms with Crippen LogP contribution in [-0.4, -0.2) is 36.4 Å². The van der Waals surface area contributed by atoms with Crippen LogP contribution in [-0.2, 0) is 6.67 Å². The molecule has 3 N–H and O–H groups in total. The van der Waals surface area contributed by atoms with E-state index >= 15 is 0 Å². The van der Waals surface area contributed by atoms with E-state index in [1.165, 1.54) is 17.0 Å². The number of alkyl halides is 2. The molecule has 2 amide bonds. The fraction of sp³-hybridized carbons (Fsp3) is 0.0952. The van der Waals surface area contributed by atoms with Gasteiger partial charge in [-0.3, -0.25) is 19.0 Å². The number of hydrogen-bond acceptors (Lipinski definition) is 7. The van der Waals surface area contributed by atoms with Crippen molar-refractivity contribution in [3.63, 3.8) is 0 Å². The third kappa shape index (κ3) is 3.92. The van der Waals surface area contributed by atoms with Gasteiger partial charge in [-0.25, -0.2) is 13.8 Å². The highest BCUT2D eigenvalue weighted by Crippen LogP contribution is 2.42. The van der Waals surface area contributed by atoms with Crippen molar-refractivity contribution in [3.05, 3.63) is 71.5 Å². The molecule has 10 nitrogen and oxygen atoms in total. The first-order valence-corrected chi connectivity index (χ1v) is 10.6. The minimum atomic E-state index is -2.85. The number of nitrogens with two attached hydrogens (primary N) is 1. The molecule has 0 aliphatic rings. The van der Waals surface area contributed by atoms with Gasteiger partial charge in [0, 0.05) is 29.5 Å². The zero-order valence-electron chi connectivity index (χ0n) is 17.2. The van der Waals surface area contributed by atoms with E-state index in [1.54, 1.807) is 41.5 Å². The molecule has 0 aliphatic heterocycles. The fourth-order valence-electron chi connectivity index (χ4n) is 3.42. The summed E-state index contributed by atoms with van der Waals surface area (Å²) in [4.78, 5) is 29.2. The number of rotatable bonds is 7. The monoisotopic (exact) mass is 483 g/mol. The van der Waals surface area contributed by atoms with E-state index in [0.29, 0.717) is 0 Å². The molecule has 0 spiro atoms. The van der Waals surface area contributed by atoms with Crippen molar-refractivity contribution in [2.45, 2.75) is 13.1 Å². The molecule has 0 bridgehead atoms. The van der Waals surface area contributed by atoms with Crippen molar-refractivity contribution in [1.29, 1.82) is 0 Å². The molecule has 0 aromatic carbocycles. The minimum Gasteiger partial charge on any atom is -0.464 e. The van der Waals surface area contributed by atoms with Gasteiger partial charge < -0.3 is 15.5 Å². The average molecular weight is 483 g/mol. The Balaban J connectivity index is 1.57. The molecular weight excluding hydrogens is 468 g/mol. The number of hydrogen-bond donors (Lipinski definition) is 2. The summed E-state index contributed by atoms with van der Waals surface area (Å²) < 4.78 is 35.5. The van der Waals surface area contributed by atoms with Gasteiger partial charge in [0.1, 0.15) is 27.8 Å². The summed E-state index contributed by atoms with van der Waals surface area (Å²) in [5.74, 6) is -1.20. The summed E-state index contributed by atoms with van der Waals surface area (Å²) in [6.45, 7) is 0.289. The standard InChI is InChI=1S/C21H15F2N7O3S/c22-18(23)13-9-11(14-3-1-8-33-14)15-16(17(19(24)31)34-21(15)26-13)27-20(32)12-4-7-30(28-12)10-29-6-2-5-25-29/h1-9,18H,10H2,(H2,24,31)(H,27,32). The molecule has 0 atom stereocenters. The highest BCUT2D eigenvalue weighted by atomic mass is 32.1. The van der Waals surface area contributed by atoms with E-state index in [1.807, 2.05) is 0 Å². The van der Waals surface area contributed by atoms with Gasteiger partial charge in [0.25, 0.3) is 18.2 Å². The SMILES string of the molecule is NC(=O)c1sc2nc(C(F)F)cc(-c3ccco3)c2c1NC(=O)c1ccn(Cn2cccn2)n1. The van der Waals surface area contributed by atoms with Gasteiger partial charge in [0.2, 0.25) is 0 Å². The molecular formula is C21H15F2N7O3S. The first kappa shape index (κ1) is 21.5. The molecule has 0 radical (unpaired) electrons. The van der Waals surface area contributed by atoms with Crippen molar-refractivity contribution in [3.8, 4) is 11.3 Å². The van der Waals surface area contributed by atoms with Crippen molar-refractivity contribution in [2.24, 2.45) is 5.73 Å². The number of furan rings is 1. The molecule has 172 valence electrons. The summed E-state index contributed by atoms with van der Waals surface area (Å²) in [6.07, 6.45) is 3.50. The van der Waals surface area contributed by atoms with Crippen LogP contribution in [0.15, 0.2) is 59.6 Å². The second-order valence-corrected chi connectivity index (χ2v) is 8.10. The van der Waals surface area contributed by atoms with Crippen LogP contribution in [0.4, 0.5) is 14.5 Å². The van der Waals surface area contributed by atoms with Crippen LogP contribution >= 0.6 is 11.3 Å². The van der Waals surface area contributed by atoms with Gasteiger partial charge in [-0.1, -0.05) is 0 Å².